The van der Waals surface area contributed by atoms with Crippen LogP contribution in [0.25, 0.3) is 0 Å². The average Bonchev–Trinajstić information content (AvgIpc) is 2.41. The Morgan fingerprint density at radius 3 is 2.76 bits per heavy atom. The van der Waals surface area contributed by atoms with E-state index in [0.29, 0.717) is 4.47 Å². The molecule has 0 radical (unpaired) electrons. The fraction of sp³-hybridized carbons (Fsp3) is 0.0769. The lowest BCUT2D eigenvalue weighted by Gasteiger charge is -2.13. The zero-order chi connectivity index (χ0) is 15.6. The number of benzene rings is 1. The Morgan fingerprint density at radius 2 is 2.19 bits per heavy atom. The van der Waals surface area contributed by atoms with Gasteiger partial charge in [-0.15, -0.1) is 11.6 Å². The van der Waals surface area contributed by atoms with Gasteiger partial charge in [0.1, 0.15) is 5.82 Å². The van der Waals surface area contributed by atoms with Crippen molar-refractivity contribution in [1.82, 2.24) is 4.98 Å². The minimum Gasteiger partial charge on any atom is -0.478 e. The second kappa shape index (κ2) is 6.28. The van der Waals surface area contributed by atoms with Crippen LogP contribution in [0, 0.1) is 5.82 Å². The van der Waals surface area contributed by atoms with Gasteiger partial charge in [-0.05, 0) is 18.2 Å². The first-order chi connectivity index (χ1) is 9.93. The number of nitrogens with one attached hydrogen (secondary N) is 2. The van der Waals surface area contributed by atoms with Crippen LogP contribution in [-0.2, 0) is 5.88 Å². The Labute approximate surface area is 131 Å². The number of halogens is 3. The molecule has 1 heterocycles. The number of pyridine rings is 1. The van der Waals surface area contributed by atoms with Gasteiger partial charge < -0.3 is 15.4 Å². The van der Waals surface area contributed by atoms with E-state index in [9.17, 15) is 14.0 Å². The number of hydrogen-bond donors (Lipinski definition) is 3. The molecule has 0 amide bonds. The normalized spacial score (nSPS) is 10.4. The third-order valence-corrected chi connectivity index (χ3v) is 3.51. The summed E-state index contributed by atoms with van der Waals surface area (Å²) >= 11 is 8.81. The maximum atomic E-state index is 13.8. The highest BCUT2D eigenvalue weighted by Gasteiger charge is 2.18. The predicted molar refractivity (Wildman–Crippen MR) is 81.0 cm³/mol. The van der Waals surface area contributed by atoms with Gasteiger partial charge in [0, 0.05) is 10.7 Å². The van der Waals surface area contributed by atoms with E-state index in [4.69, 9.17) is 16.7 Å². The van der Waals surface area contributed by atoms with Gasteiger partial charge >= 0.3 is 5.97 Å². The summed E-state index contributed by atoms with van der Waals surface area (Å²) in [5.74, 6) is -2.07. The molecule has 0 fully saturated rings. The summed E-state index contributed by atoms with van der Waals surface area (Å²) in [7, 11) is 0. The maximum Gasteiger partial charge on any atom is 0.339 e. The standard InChI is InChI=1S/C13H9BrClFN2O3/c14-6-1-2-10(9(16)3-6)18-11-7(4-15)12(19)17-5-8(11)13(20)21/h1-3,5H,4H2,(H,20,21)(H2,17,18,19). The minimum absolute atomic E-state index is 0.0255. The summed E-state index contributed by atoms with van der Waals surface area (Å²) in [6, 6.07) is 4.22. The summed E-state index contributed by atoms with van der Waals surface area (Å²) in [4.78, 5) is 25.2. The summed E-state index contributed by atoms with van der Waals surface area (Å²) in [6.07, 6.45) is 1.04. The van der Waals surface area contributed by atoms with Crippen molar-refractivity contribution in [1.29, 1.82) is 0 Å². The Hall–Kier alpha value is -1.86. The zero-order valence-corrected chi connectivity index (χ0v) is 12.8. The molecule has 0 saturated carbocycles. The van der Waals surface area contributed by atoms with Crippen molar-refractivity contribution >= 4 is 44.9 Å². The first-order valence-corrected chi connectivity index (χ1v) is 7.02. The van der Waals surface area contributed by atoms with Crippen molar-refractivity contribution in [3.8, 4) is 0 Å². The molecule has 0 aliphatic rings. The van der Waals surface area contributed by atoms with Crippen LogP contribution in [0.5, 0.6) is 0 Å². The van der Waals surface area contributed by atoms with Crippen LogP contribution in [-0.4, -0.2) is 16.1 Å². The molecule has 8 heteroatoms. The molecule has 0 aliphatic carbocycles. The van der Waals surface area contributed by atoms with Gasteiger partial charge in [-0.1, -0.05) is 15.9 Å². The number of H-pyrrole nitrogens is 1. The molecule has 0 unspecified atom stereocenters. The number of alkyl halides is 1. The lowest BCUT2D eigenvalue weighted by atomic mass is 10.1. The molecule has 0 saturated heterocycles. The highest BCUT2D eigenvalue weighted by molar-refractivity contribution is 9.10. The van der Waals surface area contributed by atoms with Crippen molar-refractivity contribution < 1.29 is 14.3 Å². The molecule has 2 aromatic rings. The molecular weight excluding hydrogens is 367 g/mol. The number of carboxylic acids is 1. The lowest BCUT2D eigenvalue weighted by Crippen LogP contribution is -2.18. The smallest absolute Gasteiger partial charge is 0.339 e. The van der Waals surface area contributed by atoms with Crippen molar-refractivity contribution in [3.63, 3.8) is 0 Å². The average molecular weight is 376 g/mol. The van der Waals surface area contributed by atoms with Crippen molar-refractivity contribution in [2.75, 3.05) is 5.32 Å². The number of rotatable bonds is 4. The maximum absolute atomic E-state index is 13.8. The Kier molecular flexibility index (Phi) is 4.64. The summed E-state index contributed by atoms with van der Waals surface area (Å²) in [6.45, 7) is 0. The van der Waals surface area contributed by atoms with E-state index < -0.39 is 17.3 Å². The monoisotopic (exact) mass is 374 g/mol. The molecule has 110 valence electrons. The number of anilines is 2. The molecular formula is C13H9BrClFN2O3. The number of aromatic nitrogens is 1. The van der Waals surface area contributed by atoms with Crippen LogP contribution < -0.4 is 10.9 Å². The quantitative estimate of drug-likeness (QED) is 0.715. The first kappa shape index (κ1) is 15.5. The van der Waals surface area contributed by atoms with E-state index in [1.807, 2.05) is 0 Å². The number of hydrogen-bond acceptors (Lipinski definition) is 3. The van der Waals surface area contributed by atoms with Crippen LogP contribution >= 0.6 is 27.5 Å². The summed E-state index contributed by atoms with van der Waals surface area (Å²) in [5, 5.41) is 11.8. The van der Waals surface area contributed by atoms with Crippen LogP contribution in [0.15, 0.2) is 33.7 Å². The number of aromatic carboxylic acids is 1. The largest absolute Gasteiger partial charge is 0.478 e. The fourth-order valence-corrected chi connectivity index (χ4v) is 2.33. The van der Waals surface area contributed by atoms with E-state index in [-0.39, 0.29) is 28.4 Å². The highest BCUT2D eigenvalue weighted by Crippen LogP contribution is 2.27. The molecule has 0 bridgehead atoms. The molecule has 1 aromatic carbocycles. The van der Waals surface area contributed by atoms with Crippen LogP contribution in [0.1, 0.15) is 15.9 Å². The van der Waals surface area contributed by atoms with E-state index >= 15 is 0 Å². The van der Waals surface area contributed by atoms with Gasteiger partial charge in [0.25, 0.3) is 5.56 Å². The number of carboxylic acid groups (broad SMARTS) is 1. The van der Waals surface area contributed by atoms with Crippen molar-refractivity contribution in [2.45, 2.75) is 5.88 Å². The minimum atomic E-state index is -1.27. The molecule has 1 aromatic heterocycles. The number of carbonyl (C=O) groups is 1. The zero-order valence-electron chi connectivity index (χ0n) is 10.4. The van der Waals surface area contributed by atoms with Crippen LogP contribution in [0.3, 0.4) is 0 Å². The van der Waals surface area contributed by atoms with Gasteiger partial charge in [0.05, 0.1) is 28.4 Å². The second-order valence-electron chi connectivity index (χ2n) is 4.07. The van der Waals surface area contributed by atoms with E-state index in [2.05, 4.69) is 26.2 Å². The first-order valence-electron chi connectivity index (χ1n) is 5.70. The third kappa shape index (κ3) is 3.25. The van der Waals surface area contributed by atoms with E-state index in [1.54, 1.807) is 6.07 Å². The summed E-state index contributed by atoms with van der Waals surface area (Å²) in [5.41, 5.74) is -0.693. The van der Waals surface area contributed by atoms with E-state index in [0.717, 1.165) is 6.20 Å². The molecule has 2 rings (SSSR count). The molecule has 0 atom stereocenters. The summed E-state index contributed by atoms with van der Waals surface area (Å²) < 4.78 is 14.4. The van der Waals surface area contributed by atoms with Gasteiger partial charge in [0.2, 0.25) is 0 Å². The Morgan fingerprint density at radius 1 is 1.48 bits per heavy atom. The Balaban J connectivity index is 2.59. The highest BCUT2D eigenvalue weighted by atomic mass is 79.9. The predicted octanol–water partition coefficient (Wildman–Crippen LogP) is 3.46. The molecule has 0 spiro atoms. The van der Waals surface area contributed by atoms with Crippen LogP contribution in [0.2, 0.25) is 0 Å². The van der Waals surface area contributed by atoms with Crippen molar-refractivity contribution in [2.24, 2.45) is 0 Å². The SMILES string of the molecule is O=C(O)c1c[nH]c(=O)c(CCl)c1Nc1ccc(Br)cc1F. The number of aromatic amines is 1. The molecule has 21 heavy (non-hydrogen) atoms. The Bertz CT molecular complexity index is 764. The van der Waals surface area contributed by atoms with Gasteiger partial charge in [-0.25, -0.2) is 9.18 Å². The molecule has 0 aliphatic heterocycles. The van der Waals surface area contributed by atoms with Gasteiger partial charge in [-0.2, -0.15) is 0 Å². The second-order valence-corrected chi connectivity index (χ2v) is 5.26. The fourth-order valence-electron chi connectivity index (χ4n) is 1.74. The van der Waals surface area contributed by atoms with E-state index in [1.165, 1.54) is 12.1 Å². The third-order valence-electron chi connectivity index (χ3n) is 2.75. The van der Waals surface area contributed by atoms with Crippen molar-refractivity contribution in [3.05, 3.63) is 56.2 Å². The van der Waals surface area contributed by atoms with Crippen LogP contribution in [0.4, 0.5) is 15.8 Å². The molecule has 3 N–H and O–H groups in total. The van der Waals surface area contributed by atoms with Gasteiger partial charge in [0.15, 0.2) is 0 Å². The molecule has 5 nitrogen and oxygen atoms in total. The van der Waals surface area contributed by atoms with Gasteiger partial charge in [-0.3, -0.25) is 4.79 Å². The topological polar surface area (TPSA) is 82.2 Å². The lowest BCUT2D eigenvalue weighted by molar-refractivity contribution is 0.0697.